The highest BCUT2D eigenvalue weighted by Crippen LogP contribution is 2.62. The molecule has 1 aliphatic carbocycles. The van der Waals surface area contributed by atoms with Crippen LogP contribution in [-0.4, -0.2) is 24.6 Å². The molecule has 0 aliphatic heterocycles. The largest absolute Gasteiger partial charge is 0.0937 e. The lowest BCUT2D eigenvalue weighted by molar-refractivity contribution is 0.946. The maximum atomic E-state index is 2.54. The molecule has 0 aromatic carbocycles. The van der Waals surface area contributed by atoms with Gasteiger partial charge < -0.3 is 0 Å². The lowest BCUT2D eigenvalue weighted by atomic mass is 10.1. The normalized spacial score (nSPS) is 23.1. The van der Waals surface area contributed by atoms with Gasteiger partial charge in [-0.1, -0.05) is 18.2 Å². The molecule has 74 valence electrons. The molecule has 0 heterocycles. The van der Waals surface area contributed by atoms with E-state index in [9.17, 15) is 0 Å². The molecule has 1 rings (SSSR count). The molecular weight excluding hydrogens is 175 g/mol. The Morgan fingerprint density at radius 3 is 2.46 bits per heavy atom. The predicted octanol–water partition coefficient (Wildman–Crippen LogP) is 3.95. The van der Waals surface area contributed by atoms with Crippen molar-refractivity contribution in [3.05, 3.63) is 23.8 Å². The van der Waals surface area contributed by atoms with Gasteiger partial charge in [-0.25, -0.2) is 0 Å². The van der Waals surface area contributed by atoms with Crippen molar-refractivity contribution in [2.45, 2.75) is 32.9 Å². The minimum atomic E-state index is -0.682. The fraction of sp³-hybridized carbons (Fsp3) is 0.667. The third-order valence-corrected chi connectivity index (χ3v) is 8.59. The standard InChI is InChI=1S/C12H22P/c1-5-13(4,6-2)12-10-8-7-9-11(12)3/h7-9,12H,5-6,10H2,1-4H3/q+1. The highest BCUT2D eigenvalue weighted by Gasteiger charge is 2.38. The second kappa shape index (κ2) is 4.42. The van der Waals surface area contributed by atoms with Gasteiger partial charge in [0.05, 0.1) is 18.0 Å². The van der Waals surface area contributed by atoms with Gasteiger partial charge in [0.1, 0.15) is 0 Å². The molecule has 0 nitrogen and oxygen atoms in total. The molecule has 13 heavy (non-hydrogen) atoms. The fourth-order valence-corrected chi connectivity index (χ4v) is 5.16. The van der Waals surface area contributed by atoms with E-state index in [4.69, 9.17) is 0 Å². The highest BCUT2D eigenvalue weighted by atomic mass is 31.2. The van der Waals surface area contributed by atoms with Crippen molar-refractivity contribution < 1.29 is 0 Å². The fourth-order valence-electron chi connectivity index (χ4n) is 2.13. The van der Waals surface area contributed by atoms with Crippen LogP contribution in [0.5, 0.6) is 0 Å². The van der Waals surface area contributed by atoms with Gasteiger partial charge in [-0.05, 0) is 26.3 Å². The Morgan fingerprint density at radius 1 is 1.38 bits per heavy atom. The van der Waals surface area contributed by atoms with Crippen LogP contribution in [0.4, 0.5) is 0 Å². The van der Waals surface area contributed by atoms with Crippen LogP contribution in [0.1, 0.15) is 27.2 Å². The number of hydrogen-bond donors (Lipinski definition) is 0. The SMILES string of the molecule is CC[P+](C)(CC)C1CC=CC=C1C. The average Bonchev–Trinajstić information content (AvgIpc) is 2.17. The van der Waals surface area contributed by atoms with E-state index in [-0.39, 0.29) is 0 Å². The van der Waals surface area contributed by atoms with Gasteiger partial charge in [0.25, 0.3) is 0 Å². The van der Waals surface area contributed by atoms with Gasteiger partial charge in [-0.15, -0.1) is 0 Å². The molecule has 0 bridgehead atoms. The Hall–Kier alpha value is -0.0900. The number of hydrogen-bond acceptors (Lipinski definition) is 0. The second-order valence-electron chi connectivity index (χ2n) is 4.20. The van der Waals surface area contributed by atoms with Crippen molar-refractivity contribution in [3.63, 3.8) is 0 Å². The Balaban J connectivity index is 2.81. The van der Waals surface area contributed by atoms with Gasteiger partial charge in [0.15, 0.2) is 0 Å². The van der Waals surface area contributed by atoms with Crippen molar-refractivity contribution in [2.24, 2.45) is 0 Å². The summed E-state index contributed by atoms with van der Waals surface area (Å²) in [6.45, 7) is 9.57. The minimum Gasteiger partial charge on any atom is -0.0803 e. The molecule has 0 saturated heterocycles. The summed E-state index contributed by atoms with van der Waals surface area (Å²) in [6.07, 6.45) is 10.9. The van der Waals surface area contributed by atoms with E-state index >= 15 is 0 Å². The third kappa shape index (κ3) is 2.23. The first-order valence-corrected chi connectivity index (χ1v) is 7.99. The summed E-state index contributed by atoms with van der Waals surface area (Å²) in [5.74, 6) is 0. The summed E-state index contributed by atoms with van der Waals surface area (Å²) < 4.78 is 0. The molecule has 0 aromatic heterocycles. The molecule has 1 unspecified atom stereocenters. The van der Waals surface area contributed by atoms with E-state index in [1.807, 2.05) is 0 Å². The summed E-state index contributed by atoms with van der Waals surface area (Å²) in [4.78, 5) is 0. The molecular formula is C12H22P+. The third-order valence-electron chi connectivity index (χ3n) is 3.58. The highest BCUT2D eigenvalue weighted by molar-refractivity contribution is 7.76. The smallest absolute Gasteiger partial charge is 0.0803 e. The monoisotopic (exact) mass is 197 g/mol. The number of rotatable bonds is 3. The Labute approximate surface area is 83.5 Å². The quantitative estimate of drug-likeness (QED) is 0.601. The lowest BCUT2D eigenvalue weighted by Crippen LogP contribution is -2.18. The summed E-state index contributed by atoms with van der Waals surface area (Å²) >= 11 is 0. The average molecular weight is 197 g/mol. The Bertz CT molecular complexity index is 221. The maximum absolute atomic E-state index is 2.54. The van der Waals surface area contributed by atoms with E-state index in [1.165, 1.54) is 18.7 Å². The van der Waals surface area contributed by atoms with Crippen molar-refractivity contribution in [1.82, 2.24) is 0 Å². The van der Waals surface area contributed by atoms with Crippen LogP contribution in [0.2, 0.25) is 0 Å². The molecule has 0 spiro atoms. The molecule has 0 N–H and O–H groups in total. The summed E-state index contributed by atoms with van der Waals surface area (Å²) in [5, 5.41) is 0. The Kier molecular flexibility index (Phi) is 3.74. The van der Waals surface area contributed by atoms with E-state index in [1.54, 1.807) is 5.57 Å². The minimum absolute atomic E-state index is 0.682. The predicted molar refractivity (Wildman–Crippen MR) is 65.2 cm³/mol. The Morgan fingerprint density at radius 2 is 2.00 bits per heavy atom. The van der Waals surface area contributed by atoms with Crippen LogP contribution in [0.25, 0.3) is 0 Å². The lowest BCUT2D eigenvalue weighted by Gasteiger charge is -2.31. The summed E-state index contributed by atoms with van der Waals surface area (Å²) in [7, 11) is -0.682. The maximum Gasteiger partial charge on any atom is 0.0937 e. The van der Waals surface area contributed by atoms with Crippen LogP contribution in [0.3, 0.4) is 0 Å². The summed E-state index contributed by atoms with van der Waals surface area (Å²) in [6, 6.07) is 0. The zero-order chi connectivity index (χ0) is 9.90. The molecule has 0 saturated carbocycles. The van der Waals surface area contributed by atoms with Crippen LogP contribution < -0.4 is 0 Å². The first kappa shape index (κ1) is 11.0. The van der Waals surface area contributed by atoms with Crippen LogP contribution in [0.15, 0.2) is 23.8 Å². The van der Waals surface area contributed by atoms with Crippen molar-refractivity contribution >= 4 is 7.26 Å². The first-order chi connectivity index (χ1) is 6.14. The van der Waals surface area contributed by atoms with Crippen LogP contribution in [0, 0.1) is 0 Å². The molecule has 0 fully saturated rings. The van der Waals surface area contributed by atoms with E-state index in [2.05, 4.69) is 45.7 Å². The van der Waals surface area contributed by atoms with Crippen molar-refractivity contribution in [2.75, 3.05) is 19.0 Å². The van der Waals surface area contributed by atoms with Gasteiger partial charge in [-0.2, -0.15) is 0 Å². The van der Waals surface area contributed by atoms with Crippen molar-refractivity contribution in [3.8, 4) is 0 Å². The van der Waals surface area contributed by atoms with E-state index in [0.717, 1.165) is 5.66 Å². The topological polar surface area (TPSA) is 0 Å². The summed E-state index contributed by atoms with van der Waals surface area (Å²) in [5.41, 5.74) is 2.49. The van der Waals surface area contributed by atoms with Gasteiger partial charge in [-0.3, -0.25) is 0 Å². The second-order valence-corrected chi connectivity index (χ2v) is 9.05. The molecule has 1 aliphatic rings. The molecule has 0 aromatic rings. The van der Waals surface area contributed by atoms with Crippen LogP contribution >= 0.6 is 7.26 Å². The van der Waals surface area contributed by atoms with E-state index < -0.39 is 7.26 Å². The molecule has 0 amide bonds. The molecule has 1 atom stereocenters. The van der Waals surface area contributed by atoms with Gasteiger partial charge in [0.2, 0.25) is 0 Å². The van der Waals surface area contributed by atoms with Crippen LogP contribution in [-0.2, 0) is 0 Å². The van der Waals surface area contributed by atoms with Gasteiger partial charge in [0, 0.05) is 20.3 Å². The van der Waals surface area contributed by atoms with Gasteiger partial charge >= 0.3 is 0 Å². The van der Waals surface area contributed by atoms with Crippen molar-refractivity contribution in [1.29, 1.82) is 0 Å². The molecule has 1 heteroatoms. The zero-order valence-corrected chi connectivity index (χ0v) is 10.3. The van der Waals surface area contributed by atoms with E-state index in [0.29, 0.717) is 0 Å². The number of allylic oxidation sites excluding steroid dienone is 4. The first-order valence-electron chi connectivity index (χ1n) is 5.31. The molecule has 0 radical (unpaired) electrons. The zero-order valence-electron chi connectivity index (χ0n) is 9.38.